The van der Waals surface area contributed by atoms with Crippen molar-refractivity contribution in [1.82, 2.24) is 4.90 Å². The van der Waals surface area contributed by atoms with Gasteiger partial charge in [-0.05, 0) is 42.0 Å². The molecule has 2 aromatic rings. The first-order chi connectivity index (χ1) is 11.2. The van der Waals surface area contributed by atoms with Gasteiger partial charge in [-0.3, -0.25) is 4.90 Å². The predicted molar refractivity (Wildman–Crippen MR) is 92.2 cm³/mol. The number of rotatable bonds is 6. The lowest BCUT2D eigenvalue weighted by Crippen LogP contribution is -2.35. The number of nitrogens with zero attached hydrogens (tertiary/aromatic N) is 1. The highest BCUT2D eigenvalue weighted by molar-refractivity contribution is 7.09. The molecule has 0 unspecified atom stereocenters. The fraction of sp³-hybridized carbons (Fsp3) is 0.444. The molecule has 1 aromatic heterocycles. The summed E-state index contributed by atoms with van der Waals surface area (Å²) in [4.78, 5) is 3.57. The van der Waals surface area contributed by atoms with Gasteiger partial charge in [0.05, 0.1) is 13.2 Å². The van der Waals surface area contributed by atoms with Gasteiger partial charge in [0, 0.05) is 24.5 Å². The van der Waals surface area contributed by atoms with Crippen LogP contribution in [0, 0.1) is 0 Å². The number of piperidine rings is 1. The summed E-state index contributed by atoms with van der Waals surface area (Å²) in [5.41, 5.74) is 1.21. The quantitative estimate of drug-likeness (QED) is 0.881. The second-order valence-electron chi connectivity index (χ2n) is 5.86. The molecule has 0 bridgehead atoms. The molecule has 2 heterocycles. The summed E-state index contributed by atoms with van der Waals surface area (Å²) >= 11 is 1.69. The van der Waals surface area contributed by atoms with E-state index in [4.69, 9.17) is 9.47 Å². The van der Waals surface area contributed by atoms with Crippen LogP contribution in [-0.2, 0) is 13.2 Å². The molecule has 124 valence electrons. The topological polar surface area (TPSA) is 41.9 Å². The van der Waals surface area contributed by atoms with Crippen LogP contribution in [0.15, 0.2) is 35.7 Å². The maximum Gasteiger partial charge on any atom is 0.161 e. The second-order valence-corrected chi connectivity index (χ2v) is 6.89. The van der Waals surface area contributed by atoms with Gasteiger partial charge < -0.3 is 14.6 Å². The van der Waals surface area contributed by atoms with Crippen LogP contribution < -0.4 is 9.47 Å². The lowest BCUT2D eigenvalue weighted by Gasteiger charge is -2.29. The van der Waals surface area contributed by atoms with Crippen molar-refractivity contribution in [2.45, 2.75) is 32.1 Å². The summed E-state index contributed by atoms with van der Waals surface area (Å²) < 4.78 is 11.4. The largest absolute Gasteiger partial charge is 0.493 e. The summed E-state index contributed by atoms with van der Waals surface area (Å²) in [5.74, 6) is 1.55. The third-order valence-electron chi connectivity index (χ3n) is 4.14. The first-order valence-corrected chi connectivity index (χ1v) is 8.85. The van der Waals surface area contributed by atoms with Crippen LogP contribution in [0.5, 0.6) is 11.5 Å². The summed E-state index contributed by atoms with van der Waals surface area (Å²) in [7, 11) is 1.67. The minimum Gasteiger partial charge on any atom is -0.493 e. The Balaban J connectivity index is 1.62. The second kappa shape index (κ2) is 7.81. The third-order valence-corrected chi connectivity index (χ3v) is 4.99. The van der Waals surface area contributed by atoms with Crippen molar-refractivity contribution in [3.05, 3.63) is 46.2 Å². The zero-order valence-corrected chi connectivity index (χ0v) is 14.2. The van der Waals surface area contributed by atoms with Gasteiger partial charge in [-0.1, -0.05) is 12.1 Å². The normalized spacial score (nSPS) is 16.4. The summed E-state index contributed by atoms with van der Waals surface area (Å²) in [6.45, 7) is 3.34. The van der Waals surface area contributed by atoms with E-state index in [1.807, 2.05) is 12.1 Å². The van der Waals surface area contributed by atoms with Gasteiger partial charge >= 0.3 is 0 Å². The molecule has 0 radical (unpaired) electrons. The Morgan fingerprint density at radius 1 is 1.22 bits per heavy atom. The van der Waals surface area contributed by atoms with Crippen molar-refractivity contribution >= 4 is 11.3 Å². The Kier molecular flexibility index (Phi) is 5.54. The van der Waals surface area contributed by atoms with Gasteiger partial charge in [0.1, 0.15) is 6.61 Å². The summed E-state index contributed by atoms with van der Waals surface area (Å²) in [5, 5.41) is 11.6. The number of hydrogen-bond donors (Lipinski definition) is 1. The van der Waals surface area contributed by atoms with E-state index in [-0.39, 0.29) is 6.10 Å². The molecule has 0 saturated carbocycles. The van der Waals surface area contributed by atoms with Gasteiger partial charge in [0.2, 0.25) is 0 Å². The van der Waals surface area contributed by atoms with Crippen LogP contribution in [0.25, 0.3) is 0 Å². The average molecular weight is 333 g/mol. The van der Waals surface area contributed by atoms with Crippen LogP contribution in [-0.4, -0.2) is 36.3 Å². The maximum atomic E-state index is 9.59. The lowest BCUT2D eigenvalue weighted by molar-refractivity contribution is 0.0792. The van der Waals surface area contributed by atoms with Crippen LogP contribution >= 0.6 is 11.3 Å². The Labute approximate surface area is 141 Å². The molecule has 1 fully saturated rings. The third kappa shape index (κ3) is 4.47. The molecule has 1 N–H and O–H groups in total. The molecule has 0 atom stereocenters. The van der Waals surface area contributed by atoms with Crippen molar-refractivity contribution in [3.8, 4) is 11.5 Å². The number of aliphatic hydroxyl groups excluding tert-OH is 1. The van der Waals surface area contributed by atoms with Crippen LogP contribution in [0.2, 0.25) is 0 Å². The fourth-order valence-corrected chi connectivity index (χ4v) is 3.42. The summed E-state index contributed by atoms with van der Waals surface area (Å²) in [6.07, 6.45) is 1.59. The molecule has 0 amide bonds. The molecule has 0 spiro atoms. The van der Waals surface area contributed by atoms with E-state index in [0.29, 0.717) is 6.61 Å². The van der Waals surface area contributed by atoms with Crippen molar-refractivity contribution in [2.75, 3.05) is 20.2 Å². The van der Waals surface area contributed by atoms with Gasteiger partial charge in [0.15, 0.2) is 11.5 Å². The van der Waals surface area contributed by atoms with Crippen LogP contribution in [0.3, 0.4) is 0 Å². The van der Waals surface area contributed by atoms with Gasteiger partial charge in [-0.15, -0.1) is 11.3 Å². The molecule has 1 aromatic carbocycles. The highest BCUT2D eigenvalue weighted by atomic mass is 32.1. The predicted octanol–water partition coefficient (Wildman–Crippen LogP) is 3.29. The highest BCUT2D eigenvalue weighted by Crippen LogP contribution is 2.30. The van der Waals surface area contributed by atoms with E-state index in [9.17, 15) is 5.11 Å². The highest BCUT2D eigenvalue weighted by Gasteiger charge is 2.17. The van der Waals surface area contributed by atoms with Crippen molar-refractivity contribution < 1.29 is 14.6 Å². The molecule has 0 aliphatic carbocycles. The van der Waals surface area contributed by atoms with Crippen LogP contribution in [0.4, 0.5) is 0 Å². The monoisotopic (exact) mass is 333 g/mol. The molecule has 1 saturated heterocycles. The number of methoxy groups -OCH3 is 1. The Hall–Kier alpha value is -1.56. The van der Waals surface area contributed by atoms with Gasteiger partial charge in [-0.25, -0.2) is 0 Å². The SMILES string of the molecule is COc1cc(CN2CCC(O)CC2)ccc1OCc1cccs1. The molecular formula is C18H23NO3S. The number of thiophene rings is 1. The van der Waals surface area contributed by atoms with Crippen molar-refractivity contribution in [1.29, 1.82) is 0 Å². The number of aliphatic hydroxyl groups is 1. The van der Waals surface area contributed by atoms with E-state index in [0.717, 1.165) is 44.0 Å². The average Bonchev–Trinajstić information content (AvgIpc) is 3.09. The van der Waals surface area contributed by atoms with Gasteiger partial charge in [0.25, 0.3) is 0 Å². The standard InChI is InChI=1S/C18H23NO3S/c1-21-18-11-14(12-19-8-6-15(20)7-9-19)4-5-17(18)22-13-16-3-2-10-23-16/h2-5,10-11,15,20H,6-9,12-13H2,1H3. The molecule has 23 heavy (non-hydrogen) atoms. The van der Waals surface area contributed by atoms with Crippen LogP contribution in [0.1, 0.15) is 23.3 Å². The summed E-state index contributed by atoms with van der Waals surface area (Å²) in [6, 6.07) is 10.2. The van der Waals surface area contributed by atoms with E-state index in [1.165, 1.54) is 10.4 Å². The lowest BCUT2D eigenvalue weighted by atomic mass is 10.1. The first kappa shape index (κ1) is 16.3. The number of ether oxygens (including phenoxy) is 2. The molecule has 4 nitrogen and oxygen atoms in total. The van der Waals surface area contributed by atoms with E-state index in [1.54, 1.807) is 18.4 Å². The van der Waals surface area contributed by atoms with E-state index < -0.39 is 0 Å². The minimum atomic E-state index is -0.131. The Morgan fingerprint density at radius 3 is 2.74 bits per heavy atom. The smallest absolute Gasteiger partial charge is 0.161 e. The van der Waals surface area contributed by atoms with E-state index >= 15 is 0 Å². The fourth-order valence-electron chi connectivity index (χ4n) is 2.81. The number of likely N-dealkylation sites (tertiary alicyclic amines) is 1. The Bertz CT molecular complexity index is 607. The first-order valence-electron chi connectivity index (χ1n) is 7.97. The van der Waals surface area contributed by atoms with E-state index in [2.05, 4.69) is 28.5 Å². The molecule has 5 heteroatoms. The maximum absolute atomic E-state index is 9.59. The molecule has 1 aliphatic heterocycles. The minimum absolute atomic E-state index is 0.131. The molecule has 3 rings (SSSR count). The van der Waals surface area contributed by atoms with Gasteiger partial charge in [-0.2, -0.15) is 0 Å². The molecular weight excluding hydrogens is 310 g/mol. The Morgan fingerprint density at radius 2 is 2.04 bits per heavy atom. The zero-order valence-electron chi connectivity index (χ0n) is 13.4. The molecule has 1 aliphatic rings. The number of benzene rings is 1. The van der Waals surface area contributed by atoms with Crippen molar-refractivity contribution in [2.24, 2.45) is 0 Å². The zero-order chi connectivity index (χ0) is 16.1. The van der Waals surface area contributed by atoms with Crippen molar-refractivity contribution in [3.63, 3.8) is 0 Å². The number of hydrogen-bond acceptors (Lipinski definition) is 5.